The number of methoxy groups -OCH3 is 2. The molecule has 0 spiro atoms. The lowest BCUT2D eigenvalue weighted by atomic mass is 10.0. The van der Waals surface area contributed by atoms with Gasteiger partial charge in [0, 0.05) is 19.2 Å². The highest BCUT2D eigenvalue weighted by Crippen LogP contribution is 2.27. The van der Waals surface area contributed by atoms with E-state index in [1.54, 1.807) is 14.2 Å². The molecule has 1 aromatic rings. The van der Waals surface area contributed by atoms with Gasteiger partial charge >= 0.3 is 0 Å². The Kier molecular flexibility index (Phi) is 7.23. The SMILES string of the molecule is COCCNCC/C=C/c1ccc(C)c(C)c1OC. The molecule has 19 heavy (non-hydrogen) atoms. The van der Waals surface area contributed by atoms with Crippen LogP contribution in [-0.2, 0) is 4.74 Å². The first-order valence-corrected chi connectivity index (χ1v) is 6.71. The monoisotopic (exact) mass is 263 g/mol. The Morgan fingerprint density at radius 3 is 2.63 bits per heavy atom. The van der Waals surface area contributed by atoms with Gasteiger partial charge in [0.1, 0.15) is 5.75 Å². The van der Waals surface area contributed by atoms with E-state index in [9.17, 15) is 0 Å². The molecule has 1 N–H and O–H groups in total. The van der Waals surface area contributed by atoms with Gasteiger partial charge in [-0.3, -0.25) is 0 Å². The predicted octanol–water partition coefficient (Wildman–Crippen LogP) is 2.95. The molecule has 0 saturated carbocycles. The van der Waals surface area contributed by atoms with E-state index in [0.29, 0.717) is 0 Å². The summed E-state index contributed by atoms with van der Waals surface area (Å²) in [4.78, 5) is 0. The van der Waals surface area contributed by atoms with Gasteiger partial charge in [-0.25, -0.2) is 0 Å². The first-order valence-electron chi connectivity index (χ1n) is 6.71. The van der Waals surface area contributed by atoms with E-state index >= 15 is 0 Å². The second kappa shape index (κ2) is 8.73. The highest BCUT2D eigenvalue weighted by molar-refractivity contribution is 5.61. The second-order valence-corrected chi connectivity index (χ2v) is 4.56. The predicted molar refractivity (Wildman–Crippen MR) is 80.9 cm³/mol. The maximum absolute atomic E-state index is 5.48. The maximum Gasteiger partial charge on any atom is 0.129 e. The van der Waals surface area contributed by atoms with Crippen molar-refractivity contribution >= 4 is 6.08 Å². The molecule has 0 unspecified atom stereocenters. The number of ether oxygens (including phenoxy) is 2. The van der Waals surface area contributed by atoms with Crippen LogP contribution in [0.4, 0.5) is 0 Å². The Morgan fingerprint density at radius 2 is 1.95 bits per heavy atom. The van der Waals surface area contributed by atoms with Crippen molar-refractivity contribution in [3.8, 4) is 5.75 Å². The van der Waals surface area contributed by atoms with Crippen LogP contribution in [0.15, 0.2) is 18.2 Å². The minimum Gasteiger partial charge on any atom is -0.496 e. The molecule has 0 saturated heterocycles. The van der Waals surface area contributed by atoms with Gasteiger partial charge < -0.3 is 14.8 Å². The summed E-state index contributed by atoms with van der Waals surface area (Å²) in [5.41, 5.74) is 3.61. The van der Waals surface area contributed by atoms with Crippen molar-refractivity contribution in [2.75, 3.05) is 33.9 Å². The Morgan fingerprint density at radius 1 is 1.16 bits per heavy atom. The smallest absolute Gasteiger partial charge is 0.129 e. The van der Waals surface area contributed by atoms with Crippen LogP contribution in [0.2, 0.25) is 0 Å². The molecule has 1 rings (SSSR count). The molecule has 1 aromatic carbocycles. The molecule has 0 atom stereocenters. The quantitative estimate of drug-likeness (QED) is 0.731. The van der Waals surface area contributed by atoms with Crippen LogP contribution in [0.3, 0.4) is 0 Å². The number of hydrogen-bond donors (Lipinski definition) is 1. The Bertz CT molecular complexity index is 413. The lowest BCUT2D eigenvalue weighted by molar-refractivity contribution is 0.199. The average Bonchev–Trinajstić information content (AvgIpc) is 2.42. The minimum absolute atomic E-state index is 0.759. The third kappa shape index (κ3) is 5.05. The van der Waals surface area contributed by atoms with Gasteiger partial charge in [0.15, 0.2) is 0 Å². The lowest BCUT2D eigenvalue weighted by Gasteiger charge is -2.10. The average molecular weight is 263 g/mol. The molecule has 0 heterocycles. The van der Waals surface area contributed by atoms with Crippen molar-refractivity contribution in [2.45, 2.75) is 20.3 Å². The number of benzene rings is 1. The third-order valence-corrected chi connectivity index (χ3v) is 3.18. The van der Waals surface area contributed by atoms with Crippen molar-refractivity contribution < 1.29 is 9.47 Å². The van der Waals surface area contributed by atoms with E-state index in [2.05, 4.69) is 43.4 Å². The van der Waals surface area contributed by atoms with Crippen LogP contribution < -0.4 is 10.1 Å². The van der Waals surface area contributed by atoms with E-state index in [-0.39, 0.29) is 0 Å². The first-order chi connectivity index (χ1) is 9.20. The lowest BCUT2D eigenvalue weighted by Crippen LogP contribution is -2.19. The Hall–Kier alpha value is -1.32. The highest BCUT2D eigenvalue weighted by Gasteiger charge is 2.05. The van der Waals surface area contributed by atoms with Crippen molar-refractivity contribution in [3.63, 3.8) is 0 Å². The molecule has 0 aliphatic heterocycles. The normalized spacial score (nSPS) is 11.2. The summed E-state index contributed by atoms with van der Waals surface area (Å²) in [5, 5.41) is 3.31. The van der Waals surface area contributed by atoms with E-state index in [4.69, 9.17) is 9.47 Å². The molecule has 0 radical (unpaired) electrons. The van der Waals surface area contributed by atoms with Gasteiger partial charge in [0.2, 0.25) is 0 Å². The zero-order valence-electron chi connectivity index (χ0n) is 12.5. The summed E-state index contributed by atoms with van der Waals surface area (Å²) in [5.74, 6) is 0.976. The first kappa shape index (κ1) is 15.7. The van der Waals surface area contributed by atoms with E-state index in [1.807, 2.05) is 0 Å². The van der Waals surface area contributed by atoms with Crippen LogP contribution in [0, 0.1) is 13.8 Å². The van der Waals surface area contributed by atoms with E-state index in [0.717, 1.165) is 37.4 Å². The van der Waals surface area contributed by atoms with E-state index in [1.165, 1.54) is 11.1 Å². The van der Waals surface area contributed by atoms with Crippen molar-refractivity contribution in [1.29, 1.82) is 0 Å². The molecular weight excluding hydrogens is 238 g/mol. The van der Waals surface area contributed by atoms with Crippen molar-refractivity contribution in [1.82, 2.24) is 5.32 Å². The van der Waals surface area contributed by atoms with E-state index < -0.39 is 0 Å². The minimum atomic E-state index is 0.759. The summed E-state index contributed by atoms with van der Waals surface area (Å²) in [6.45, 7) is 6.82. The van der Waals surface area contributed by atoms with Crippen LogP contribution in [0.25, 0.3) is 6.08 Å². The fourth-order valence-electron chi connectivity index (χ4n) is 1.91. The number of nitrogens with one attached hydrogen (secondary N) is 1. The molecule has 0 aliphatic rings. The van der Waals surface area contributed by atoms with Crippen molar-refractivity contribution in [2.24, 2.45) is 0 Å². The third-order valence-electron chi connectivity index (χ3n) is 3.18. The van der Waals surface area contributed by atoms with Gasteiger partial charge in [0.25, 0.3) is 0 Å². The maximum atomic E-state index is 5.48. The molecule has 106 valence electrons. The summed E-state index contributed by atoms with van der Waals surface area (Å²) in [7, 11) is 3.44. The van der Waals surface area contributed by atoms with Crippen LogP contribution >= 0.6 is 0 Å². The largest absolute Gasteiger partial charge is 0.496 e. The second-order valence-electron chi connectivity index (χ2n) is 4.56. The summed E-state index contributed by atoms with van der Waals surface area (Å²) in [6.07, 6.45) is 5.30. The standard InChI is InChI=1S/C16H25NO2/c1-13-8-9-15(16(19-4)14(13)2)7-5-6-10-17-11-12-18-3/h5,7-9,17H,6,10-12H2,1-4H3/b7-5+. The van der Waals surface area contributed by atoms with Gasteiger partial charge in [0.05, 0.1) is 13.7 Å². The van der Waals surface area contributed by atoms with Gasteiger partial charge in [-0.15, -0.1) is 0 Å². The molecular formula is C16H25NO2. The molecule has 0 aliphatic carbocycles. The zero-order chi connectivity index (χ0) is 14.1. The van der Waals surface area contributed by atoms with Crippen LogP contribution in [0.1, 0.15) is 23.1 Å². The van der Waals surface area contributed by atoms with Gasteiger partial charge in [-0.2, -0.15) is 0 Å². The molecule has 0 aromatic heterocycles. The van der Waals surface area contributed by atoms with Crippen LogP contribution in [-0.4, -0.2) is 33.9 Å². The zero-order valence-corrected chi connectivity index (χ0v) is 12.5. The fraction of sp³-hybridized carbons (Fsp3) is 0.500. The highest BCUT2D eigenvalue weighted by atomic mass is 16.5. The van der Waals surface area contributed by atoms with Crippen molar-refractivity contribution in [3.05, 3.63) is 34.9 Å². The molecule has 3 nitrogen and oxygen atoms in total. The number of rotatable bonds is 8. The summed E-state index contributed by atoms with van der Waals surface area (Å²) >= 11 is 0. The fourth-order valence-corrected chi connectivity index (χ4v) is 1.91. The Balaban J connectivity index is 2.50. The Labute approximate surface area is 116 Å². The van der Waals surface area contributed by atoms with Gasteiger partial charge in [-0.1, -0.05) is 24.3 Å². The molecule has 3 heteroatoms. The summed E-state index contributed by atoms with van der Waals surface area (Å²) < 4.78 is 10.5. The van der Waals surface area contributed by atoms with Crippen LogP contribution in [0.5, 0.6) is 5.75 Å². The number of aryl methyl sites for hydroxylation is 1. The molecule has 0 amide bonds. The number of hydrogen-bond acceptors (Lipinski definition) is 3. The molecule has 0 fully saturated rings. The van der Waals surface area contributed by atoms with Gasteiger partial charge in [-0.05, 0) is 37.9 Å². The summed E-state index contributed by atoms with van der Waals surface area (Å²) in [6, 6.07) is 4.24. The molecule has 0 bridgehead atoms. The topological polar surface area (TPSA) is 30.5 Å².